The van der Waals surface area contributed by atoms with E-state index >= 15 is 0 Å². The fourth-order valence-corrected chi connectivity index (χ4v) is 2.32. The van der Waals surface area contributed by atoms with E-state index in [9.17, 15) is 0 Å². The SMILES string of the molecule is Cc1ccc(Oc2ccccc2CNC2CC2)c(C)c1. The summed E-state index contributed by atoms with van der Waals surface area (Å²) < 4.78 is 6.11. The molecule has 1 aliphatic rings. The number of aryl methyl sites for hydroxylation is 2. The van der Waals surface area contributed by atoms with E-state index in [2.05, 4.69) is 49.5 Å². The highest BCUT2D eigenvalue weighted by atomic mass is 16.5. The van der Waals surface area contributed by atoms with Crippen molar-refractivity contribution in [3.8, 4) is 11.5 Å². The summed E-state index contributed by atoms with van der Waals surface area (Å²) in [5.41, 5.74) is 3.66. The van der Waals surface area contributed by atoms with Crippen molar-refractivity contribution in [2.45, 2.75) is 39.3 Å². The molecular weight excluding hydrogens is 246 g/mol. The van der Waals surface area contributed by atoms with Gasteiger partial charge >= 0.3 is 0 Å². The van der Waals surface area contributed by atoms with Crippen molar-refractivity contribution in [1.82, 2.24) is 5.32 Å². The molecule has 0 amide bonds. The summed E-state index contributed by atoms with van der Waals surface area (Å²) in [4.78, 5) is 0. The van der Waals surface area contributed by atoms with Gasteiger partial charge in [-0.05, 0) is 44.4 Å². The van der Waals surface area contributed by atoms with Crippen LogP contribution in [-0.4, -0.2) is 6.04 Å². The van der Waals surface area contributed by atoms with E-state index in [0.29, 0.717) is 6.04 Å². The van der Waals surface area contributed by atoms with Crippen LogP contribution in [0.2, 0.25) is 0 Å². The average molecular weight is 267 g/mol. The van der Waals surface area contributed by atoms with Crippen LogP contribution < -0.4 is 10.1 Å². The first-order valence-electron chi connectivity index (χ1n) is 7.29. The van der Waals surface area contributed by atoms with E-state index < -0.39 is 0 Å². The van der Waals surface area contributed by atoms with Gasteiger partial charge in [0.25, 0.3) is 0 Å². The Morgan fingerprint density at radius 3 is 2.60 bits per heavy atom. The first kappa shape index (κ1) is 13.2. The topological polar surface area (TPSA) is 21.3 Å². The van der Waals surface area contributed by atoms with Crippen molar-refractivity contribution in [3.05, 3.63) is 59.2 Å². The zero-order valence-corrected chi connectivity index (χ0v) is 12.1. The van der Waals surface area contributed by atoms with Gasteiger partial charge in [0.2, 0.25) is 0 Å². The molecule has 20 heavy (non-hydrogen) atoms. The molecule has 1 fully saturated rings. The molecule has 1 aliphatic carbocycles. The molecule has 0 spiro atoms. The van der Waals surface area contributed by atoms with Gasteiger partial charge in [0, 0.05) is 18.2 Å². The van der Waals surface area contributed by atoms with Crippen LogP contribution in [0.25, 0.3) is 0 Å². The minimum atomic E-state index is 0.712. The second-order valence-electron chi connectivity index (χ2n) is 5.63. The third-order valence-electron chi connectivity index (χ3n) is 3.68. The Hall–Kier alpha value is -1.80. The summed E-state index contributed by atoms with van der Waals surface area (Å²) in [6.07, 6.45) is 2.61. The van der Waals surface area contributed by atoms with E-state index in [1.54, 1.807) is 0 Å². The highest BCUT2D eigenvalue weighted by Crippen LogP contribution is 2.29. The molecule has 0 heterocycles. The molecule has 104 valence electrons. The minimum absolute atomic E-state index is 0.712. The lowest BCUT2D eigenvalue weighted by Crippen LogP contribution is -2.15. The number of ether oxygens (including phenoxy) is 1. The van der Waals surface area contributed by atoms with Crippen LogP contribution in [0, 0.1) is 13.8 Å². The maximum atomic E-state index is 6.11. The maximum absolute atomic E-state index is 6.11. The first-order chi connectivity index (χ1) is 9.72. The molecule has 2 aromatic carbocycles. The van der Waals surface area contributed by atoms with Crippen LogP contribution in [0.4, 0.5) is 0 Å². The summed E-state index contributed by atoms with van der Waals surface area (Å²) >= 11 is 0. The molecular formula is C18H21NO. The zero-order chi connectivity index (χ0) is 13.9. The molecule has 0 aromatic heterocycles. The van der Waals surface area contributed by atoms with Crippen molar-refractivity contribution < 1.29 is 4.74 Å². The van der Waals surface area contributed by atoms with Crippen molar-refractivity contribution in [2.24, 2.45) is 0 Å². The van der Waals surface area contributed by atoms with E-state index in [1.807, 2.05) is 12.1 Å². The second-order valence-corrected chi connectivity index (χ2v) is 5.63. The summed E-state index contributed by atoms with van der Waals surface area (Å²) in [5, 5.41) is 3.54. The summed E-state index contributed by atoms with van der Waals surface area (Å²) in [7, 11) is 0. The van der Waals surface area contributed by atoms with Gasteiger partial charge in [-0.15, -0.1) is 0 Å². The van der Waals surface area contributed by atoms with Gasteiger partial charge in [-0.2, -0.15) is 0 Å². The second kappa shape index (κ2) is 5.68. The number of nitrogens with one attached hydrogen (secondary N) is 1. The van der Waals surface area contributed by atoms with E-state index in [0.717, 1.165) is 18.0 Å². The molecule has 2 heteroatoms. The lowest BCUT2D eigenvalue weighted by atomic mass is 10.1. The third-order valence-corrected chi connectivity index (χ3v) is 3.68. The van der Waals surface area contributed by atoms with Crippen molar-refractivity contribution in [3.63, 3.8) is 0 Å². The number of hydrogen-bond acceptors (Lipinski definition) is 2. The van der Waals surface area contributed by atoms with Gasteiger partial charge in [0.05, 0.1) is 0 Å². The number of hydrogen-bond donors (Lipinski definition) is 1. The predicted octanol–water partition coefficient (Wildman–Crippen LogP) is 4.35. The van der Waals surface area contributed by atoms with Crippen LogP contribution in [0.15, 0.2) is 42.5 Å². The monoisotopic (exact) mass is 267 g/mol. The smallest absolute Gasteiger partial charge is 0.131 e. The van der Waals surface area contributed by atoms with Crippen molar-refractivity contribution >= 4 is 0 Å². The molecule has 1 N–H and O–H groups in total. The summed E-state index contributed by atoms with van der Waals surface area (Å²) in [6.45, 7) is 5.07. The maximum Gasteiger partial charge on any atom is 0.131 e. The summed E-state index contributed by atoms with van der Waals surface area (Å²) in [5.74, 6) is 1.89. The van der Waals surface area contributed by atoms with Crippen LogP contribution in [0.3, 0.4) is 0 Å². The zero-order valence-electron chi connectivity index (χ0n) is 12.1. The fraction of sp³-hybridized carbons (Fsp3) is 0.333. The molecule has 2 nitrogen and oxygen atoms in total. The number of rotatable bonds is 5. The lowest BCUT2D eigenvalue weighted by Gasteiger charge is -2.13. The van der Waals surface area contributed by atoms with E-state index in [-0.39, 0.29) is 0 Å². The van der Waals surface area contributed by atoms with Gasteiger partial charge in [0.15, 0.2) is 0 Å². The van der Waals surface area contributed by atoms with Crippen molar-refractivity contribution in [2.75, 3.05) is 0 Å². The Bertz CT molecular complexity index is 602. The highest BCUT2D eigenvalue weighted by Gasteiger charge is 2.20. The largest absolute Gasteiger partial charge is 0.457 e. The first-order valence-corrected chi connectivity index (χ1v) is 7.29. The highest BCUT2D eigenvalue weighted by molar-refractivity contribution is 5.42. The quantitative estimate of drug-likeness (QED) is 0.869. The van der Waals surface area contributed by atoms with Gasteiger partial charge < -0.3 is 10.1 Å². The third kappa shape index (κ3) is 3.20. The molecule has 0 radical (unpaired) electrons. The van der Waals surface area contributed by atoms with Crippen molar-refractivity contribution in [1.29, 1.82) is 0 Å². The Kier molecular flexibility index (Phi) is 3.75. The minimum Gasteiger partial charge on any atom is -0.457 e. The van der Waals surface area contributed by atoms with Gasteiger partial charge in [-0.3, -0.25) is 0 Å². The normalized spacial score (nSPS) is 14.3. The molecule has 0 saturated heterocycles. The molecule has 1 saturated carbocycles. The van der Waals surface area contributed by atoms with Gasteiger partial charge in [-0.1, -0.05) is 35.9 Å². The fourth-order valence-electron chi connectivity index (χ4n) is 2.32. The van der Waals surface area contributed by atoms with E-state index in [1.165, 1.54) is 29.5 Å². The molecule has 0 atom stereocenters. The van der Waals surface area contributed by atoms with Crippen LogP contribution in [0.5, 0.6) is 11.5 Å². The average Bonchev–Trinajstić information content (AvgIpc) is 3.25. The Morgan fingerprint density at radius 1 is 1.05 bits per heavy atom. The predicted molar refractivity (Wildman–Crippen MR) is 82.3 cm³/mol. The number of para-hydroxylation sites is 1. The van der Waals surface area contributed by atoms with Crippen LogP contribution >= 0.6 is 0 Å². The summed E-state index contributed by atoms with van der Waals surface area (Å²) in [6, 6.07) is 15.3. The molecule has 0 bridgehead atoms. The molecule has 2 aromatic rings. The molecule has 0 unspecified atom stereocenters. The van der Waals surface area contributed by atoms with Crippen LogP contribution in [0.1, 0.15) is 29.5 Å². The Balaban J connectivity index is 1.78. The van der Waals surface area contributed by atoms with Gasteiger partial charge in [0.1, 0.15) is 11.5 Å². The van der Waals surface area contributed by atoms with E-state index in [4.69, 9.17) is 4.74 Å². The standard InChI is InChI=1S/C18H21NO/c1-13-7-10-17(14(2)11-13)20-18-6-4-3-5-15(18)12-19-16-8-9-16/h3-7,10-11,16,19H,8-9,12H2,1-2H3. The van der Waals surface area contributed by atoms with Gasteiger partial charge in [-0.25, -0.2) is 0 Å². The molecule has 3 rings (SSSR count). The lowest BCUT2D eigenvalue weighted by molar-refractivity contribution is 0.469. The van der Waals surface area contributed by atoms with Crippen LogP contribution in [-0.2, 0) is 6.54 Å². The Morgan fingerprint density at radius 2 is 1.85 bits per heavy atom. The Labute approximate surface area is 120 Å². The molecule has 0 aliphatic heterocycles. The number of benzene rings is 2.